The number of hydrogen-bond donors (Lipinski definition) is 1. The predicted octanol–water partition coefficient (Wildman–Crippen LogP) is 1.18. The van der Waals surface area contributed by atoms with E-state index >= 15 is 0 Å². The average molecular weight is 313 g/mol. The van der Waals surface area contributed by atoms with Crippen LogP contribution in [0.4, 0.5) is 0 Å². The zero-order chi connectivity index (χ0) is 13.5. The maximum absolute atomic E-state index is 8.58. The van der Waals surface area contributed by atoms with E-state index in [1.807, 2.05) is 24.3 Å². The number of aromatic nitrogens is 4. The van der Waals surface area contributed by atoms with Crippen LogP contribution in [0.15, 0.2) is 29.4 Å². The molecular formula is C12H13ClN4O2S. The zero-order valence-electron chi connectivity index (χ0n) is 10.7. The number of ether oxygens (including phenoxy) is 1. The van der Waals surface area contributed by atoms with Crippen LogP contribution in [0.1, 0.15) is 0 Å². The van der Waals surface area contributed by atoms with Crippen LogP contribution in [0.5, 0.6) is 5.75 Å². The molecule has 20 heavy (non-hydrogen) atoms. The van der Waals surface area contributed by atoms with Crippen LogP contribution in [-0.2, 0) is 0 Å². The number of rotatable bonds is 4. The van der Waals surface area contributed by atoms with Crippen molar-refractivity contribution < 1.29 is 9.84 Å². The molecule has 6 nitrogen and oxygen atoms in total. The van der Waals surface area contributed by atoms with Crippen molar-refractivity contribution in [3.63, 3.8) is 0 Å². The fourth-order valence-corrected chi connectivity index (χ4v) is 2.09. The van der Waals surface area contributed by atoms with E-state index in [4.69, 9.17) is 9.84 Å². The molecule has 0 aliphatic rings. The van der Waals surface area contributed by atoms with Crippen LogP contribution in [0, 0.1) is 11.8 Å². The molecule has 0 saturated carbocycles. The number of tetrazole rings is 1. The molecule has 0 fully saturated rings. The second-order valence-corrected chi connectivity index (χ2v) is 4.29. The van der Waals surface area contributed by atoms with Gasteiger partial charge in [0.05, 0.1) is 12.9 Å². The molecule has 2 rings (SSSR count). The predicted molar refractivity (Wildman–Crippen MR) is 78.5 cm³/mol. The third-order valence-electron chi connectivity index (χ3n) is 2.23. The molecule has 1 heterocycles. The Bertz CT molecular complexity index is 609. The van der Waals surface area contributed by atoms with E-state index < -0.39 is 0 Å². The summed E-state index contributed by atoms with van der Waals surface area (Å²) in [6, 6.07) is 7.49. The number of halogens is 1. The van der Waals surface area contributed by atoms with Gasteiger partial charge in [-0.25, -0.2) is 0 Å². The topological polar surface area (TPSA) is 73.1 Å². The van der Waals surface area contributed by atoms with Crippen molar-refractivity contribution in [1.82, 2.24) is 20.2 Å². The molecule has 0 amide bonds. The fraction of sp³-hybridized carbons (Fsp3) is 0.250. The molecule has 0 spiro atoms. The molecule has 0 saturated heterocycles. The van der Waals surface area contributed by atoms with Crippen molar-refractivity contribution in [1.29, 1.82) is 0 Å². The molecule has 0 unspecified atom stereocenters. The molecule has 1 aromatic heterocycles. The monoisotopic (exact) mass is 312 g/mol. The first-order valence-corrected chi connectivity index (χ1v) is 6.46. The summed E-state index contributed by atoms with van der Waals surface area (Å²) in [5, 5.41) is 20.8. The van der Waals surface area contributed by atoms with E-state index in [0.29, 0.717) is 16.7 Å². The Hall–Kier alpha value is -1.75. The second kappa shape index (κ2) is 8.43. The Balaban J connectivity index is 0.00000200. The SMILES string of the molecule is COc1ccccc1-n1nnnc1SCC#CCO.Cl. The van der Waals surface area contributed by atoms with Crippen molar-refractivity contribution in [3.8, 4) is 23.3 Å². The normalized spacial score (nSPS) is 9.30. The first-order chi connectivity index (χ1) is 9.36. The Labute approximate surface area is 126 Å². The summed E-state index contributed by atoms with van der Waals surface area (Å²) in [4.78, 5) is 0. The Morgan fingerprint density at radius 2 is 2.15 bits per heavy atom. The van der Waals surface area contributed by atoms with E-state index in [0.717, 1.165) is 5.69 Å². The summed E-state index contributed by atoms with van der Waals surface area (Å²) in [6.45, 7) is -0.141. The standard InChI is InChI=1S/C12H12N4O2S.ClH/c1-18-11-7-3-2-6-10(11)16-12(13-14-15-16)19-9-5-4-8-17;/h2-3,6-7,17H,8-9H2,1H3;1H. The van der Waals surface area contributed by atoms with Crippen molar-refractivity contribution in [2.45, 2.75) is 5.16 Å². The fourth-order valence-electron chi connectivity index (χ4n) is 1.43. The van der Waals surface area contributed by atoms with Gasteiger partial charge in [0.25, 0.3) is 0 Å². The highest BCUT2D eigenvalue weighted by Gasteiger charge is 2.12. The van der Waals surface area contributed by atoms with Gasteiger partial charge in [0, 0.05) is 0 Å². The van der Waals surface area contributed by atoms with Crippen molar-refractivity contribution in [2.75, 3.05) is 19.5 Å². The summed E-state index contributed by atoms with van der Waals surface area (Å²) < 4.78 is 6.88. The average Bonchev–Trinajstić information content (AvgIpc) is 2.92. The molecule has 0 atom stereocenters. The van der Waals surface area contributed by atoms with Gasteiger partial charge in [-0.2, -0.15) is 4.68 Å². The highest BCUT2D eigenvalue weighted by molar-refractivity contribution is 7.99. The van der Waals surface area contributed by atoms with Crippen LogP contribution in [0.25, 0.3) is 5.69 Å². The van der Waals surface area contributed by atoms with E-state index in [1.165, 1.54) is 11.8 Å². The molecular weight excluding hydrogens is 300 g/mol. The molecule has 0 aliphatic heterocycles. The van der Waals surface area contributed by atoms with Crippen LogP contribution < -0.4 is 4.74 Å². The van der Waals surface area contributed by atoms with Gasteiger partial charge in [0.15, 0.2) is 0 Å². The number of aliphatic hydroxyl groups is 1. The molecule has 0 bridgehead atoms. The van der Waals surface area contributed by atoms with E-state index in [1.54, 1.807) is 11.8 Å². The third kappa shape index (κ3) is 3.87. The Morgan fingerprint density at radius 3 is 2.90 bits per heavy atom. The number of aliphatic hydroxyl groups excluding tert-OH is 1. The summed E-state index contributed by atoms with van der Waals surface area (Å²) in [7, 11) is 1.60. The maximum atomic E-state index is 8.58. The third-order valence-corrected chi connectivity index (χ3v) is 3.03. The molecule has 0 radical (unpaired) electrons. The number of thioether (sulfide) groups is 1. The summed E-state index contributed by atoms with van der Waals surface area (Å²) in [5.74, 6) is 6.58. The number of para-hydroxylation sites is 2. The van der Waals surface area contributed by atoms with Gasteiger partial charge in [-0.1, -0.05) is 35.7 Å². The number of hydrogen-bond acceptors (Lipinski definition) is 6. The quantitative estimate of drug-likeness (QED) is 0.675. The van der Waals surface area contributed by atoms with Gasteiger partial charge in [0.2, 0.25) is 5.16 Å². The molecule has 106 valence electrons. The van der Waals surface area contributed by atoms with E-state index in [-0.39, 0.29) is 19.0 Å². The number of methoxy groups -OCH3 is 1. The molecule has 1 N–H and O–H groups in total. The van der Waals surface area contributed by atoms with Crippen molar-refractivity contribution >= 4 is 24.2 Å². The number of benzene rings is 1. The Morgan fingerprint density at radius 1 is 1.35 bits per heavy atom. The zero-order valence-corrected chi connectivity index (χ0v) is 12.3. The van der Waals surface area contributed by atoms with Gasteiger partial charge >= 0.3 is 0 Å². The lowest BCUT2D eigenvalue weighted by Crippen LogP contribution is -2.01. The molecule has 0 aliphatic carbocycles. The van der Waals surface area contributed by atoms with Gasteiger partial charge < -0.3 is 9.84 Å². The summed E-state index contributed by atoms with van der Waals surface area (Å²) in [5.41, 5.74) is 0.771. The largest absolute Gasteiger partial charge is 0.494 e. The van der Waals surface area contributed by atoms with Gasteiger partial charge in [0.1, 0.15) is 18.0 Å². The van der Waals surface area contributed by atoms with Gasteiger partial charge in [-0.05, 0) is 22.6 Å². The smallest absolute Gasteiger partial charge is 0.215 e. The highest BCUT2D eigenvalue weighted by Crippen LogP contribution is 2.25. The van der Waals surface area contributed by atoms with E-state index in [9.17, 15) is 0 Å². The van der Waals surface area contributed by atoms with Crippen LogP contribution in [0.3, 0.4) is 0 Å². The second-order valence-electron chi connectivity index (χ2n) is 3.35. The minimum absolute atomic E-state index is 0. The van der Waals surface area contributed by atoms with Crippen LogP contribution in [0.2, 0.25) is 0 Å². The van der Waals surface area contributed by atoms with Gasteiger partial charge in [-0.15, -0.1) is 17.5 Å². The minimum Gasteiger partial charge on any atom is -0.494 e. The number of nitrogens with zero attached hydrogens (tertiary/aromatic N) is 4. The van der Waals surface area contributed by atoms with Crippen LogP contribution >= 0.6 is 24.2 Å². The Kier molecular flexibility index (Phi) is 6.87. The summed E-state index contributed by atoms with van der Waals surface area (Å²) in [6.07, 6.45) is 0. The lowest BCUT2D eigenvalue weighted by atomic mass is 10.3. The molecule has 8 heteroatoms. The molecule has 1 aromatic carbocycles. The highest BCUT2D eigenvalue weighted by atomic mass is 35.5. The minimum atomic E-state index is -0.141. The lowest BCUT2D eigenvalue weighted by molar-refractivity contribution is 0.350. The summed E-state index contributed by atoms with van der Waals surface area (Å²) >= 11 is 1.39. The lowest BCUT2D eigenvalue weighted by Gasteiger charge is -2.08. The van der Waals surface area contributed by atoms with E-state index in [2.05, 4.69) is 27.4 Å². The van der Waals surface area contributed by atoms with Crippen molar-refractivity contribution in [2.24, 2.45) is 0 Å². The molecule has 2 aromatic rings. The van der Waals surface area contributed by atoms with Crippen LogP contribution in [-0.4, -0.2) is 44.8 Å². The first kappa shape index (κ1) is 16.3. The van der Waals surface area contributed by atoms with Gasteiger partial charge in [-0.3, -0.25) is 0 Å². The van der Waals surface area contributed by atoms with Crippen molar-refractivity contribution in [3.05, 3.63) is 24.3 Å². The maximum Gasteiger partial charge on any atom is 0.215 e. The first-order valence-electron chi connectivity index (χ1n) is 5.48.